The number of esters is 1. The first-order chi connectivity index (χ1) is 27.6. The third kappa shape index (κ3) is 9.54. The summed E-state index contributed by atoms with van der Waals surface area (Å²) in [6.07, 6.45) is 12.9. The predicted octanol–water partition coefficient (Wildman–Crippen LogP) is 4.03. The summed E-state index contributed by atoms with van der Waals surface area (Å²) in [5.41, 5.74) is 7.69. The molecule has 0 radical (unpaired) electrons. The van der Waals surface area contributed by atoms with Crippen LogP contribution >= 0.6 is 0 Å². The molecule has 1 aromatic carbocycles. The summed E-state index contributed by atoms with van der Waals surface area (Å²) in [5, 5.41) is 41.0. The molecule has 2 spiro atoms. The minimum atomic E-state index is -0.718. The largest absolute Gasteiger partial charge is 0.504 e. The van der Waals surface area contributed by atoms with Crippen molar-refractivity contribution in [2.45, 2.75) is 146 Å². The summed E-state index contributed by atoms with van der Waals surface area (Å²) in [6, 6.07) is 3.75. The van der Waals surface area contributed by atoms with E-state index in [2.05, 4.69) is 32.3 Å². The number of benzene rings is 1. The van der Waals surface area contributed by atoms with Crippen LogP contribution in [0.15, 0.2) is 17.1 Å². The number of hydrogen-bond acceptors (Lipinski definition) is 12. The first-order valence-electron chi connectivity index (χ1n) is 22.4. The molecule has 8 aliphatic rings. The third-order valence-corrected chi connectivity index (χ3v) is 14.8. The highest BCUT2D eigenvalue weighted by molar-refractivity contribution is 5.78. The summed E-state index contributed by atoms with van der Waals surface area (Å²) >= 11 is 0. The number of nitrogens with zero attached hydrogens (tertiary/aromatic N) is 3. The number of aromatic hydroxyl groups is 1. The molecule has 1 saturated carbocycles. The van der Waals surface area contributed by atoms with Gasteiger partial charge in [-0.1, -0.05) is 24.7 Å². The molecule has 12 nitrogen and oxygen atoms in total. The number of phenolic OH excluding ortho intramolecular Hbond substituents is 1. The van der Waals surface area contributed by atoms with Crippen LogP contribution in [0, 0.1) is 40.9 Å². The van der Waals surface area contributed by atoms with Gasteiger partial charge in [0.15, 0.2) is 17.5 Å². The van der Waals surface area contributed by atoms with Crippen molar-refractivity contribution in [3.8, 4) is 23.3 Å². The lowest BCUT2D eigenvalue weighted by Gasteiger charge is -2.54. The van der Waals surface area contributed by atoms with Crippen LogP contribution in [0.3, 0.4) is 0 Å². The van der Waals surface area contributed by atoms with Gasteiger partial charge in [-0.05, 0) is 132 Å². The number of guanidine groups is 1. The fraction of sp³-hybridized carbons (Fsp3) is 0.778. The van der Waals surface area contributed by atoms with E-state index in [0.29, 0.717) is 61.3 Å². The molecular formula is C45H68N6O6. The SMILES string of the molecule is CC(=O)O[C@@H]1C[C@@H](O)CC[C@@]2(C#C[C@@H]3CCC[C@@H]4C[C@H](CCN4)Oc4cc(c(CO)cc4O)C[C@@H]31)CCN1C[C@@H]3C[C@@H](C1)CN(C3)C1(CCCCC1)NC(N)=NC2. The van der Waals surface area contributed by atoms with Crippen LogP contribution in [-0.4, -0.2) is 113 Å². The maximum absolute atomic E-state index is 12.8. The molecule has 7 N–H and O–H groups in total. The Morgan fingerprint density at radius 1 is 1.02 bits per heavy atom. The Morgan fingerprint density at radius 2 is 1.82 bits per heavy atom. The second-order valence-corrected chi connectivity index (χ2v) is 19.0. The monoisotopic (exact) mass is 789 g/mol. The Kier molecular flexibility index (Phi) is 12.6. The average Bonchev–Trinajstić information content (AvgIpc) is 3.20. The van der Waals surface area contributed by atoms with Crippen molar-refractivity contribution in [1.29, 1.82) is 0 Å². The van der Waals surface area contributed by atoms with Crippen LogP contribution in [0.25, 0.3) is 0 Å². The quantitative estimate of drug-likeness (QED) is 0.190. The second-order valence-electron chi connectivity index (χ2n) is 19.0. The Morgan fingerprint density at radius 3 is 2.60 bits per heavy atom. The fourth-order valence-corrected chi connectivity index (χ4v) is 11.8. The lowest BCUT2D eigenvalue weighted by molar-refractivity contribution is -0.152. The van der Waals surface area contributed by atoms with Crippen LogP contribution < -0.4 is 21.1 Å². The molecule has 12 heteroatoms. The van der Waals surface area contributed by atoms with Crippen LogP contribution in [-0.2, 0) is 22.6 Å². The number of aliphatic imine (C=N–C) groups is 1. The van der Waals surface area contributed by atoms with E-state index in [0.717, 1.165) is 96.2 Å². The molecular weight excluding hydrogens is 721 g/mol. The number of aliphatic hydroxyl groups excluding tert-OH is 2. The van der Waals surface area contributed by atoms with E-state index in [1.165, 1.54) is 32.6 Å². The molecule has 57 heavy (non-hydrogen) atoms. The van der Waals surface area contributed by atoms with E-state index in [4.69, 9.17) is 20.2 Å². The maximum Gasteiger partial charge on any atom is 0.302 e. The zero-order chi connectivity index (χ0) is 39.6. The van der Waals surface area contributed by atoms with E-state index >= 15 is 0 Å². The first kappa shape index (κ1) is 40.7. The zero-order valence-electron chi connectivity index (χ0n) is 34.2. The second kappa shape index (κ2) is 17.6. The highest BCUT2D eigenvalue weighted by Gasteiger charge is 2.46. The number of nitrogens with two attached hydrogens (primary N) is 1. The topological polar surface area (TPSA) is 165 Å². The standard InChI is InChI=1S/C45H68N6O6/c1-30(53)56-41-23-37(54)9-14-44(15-17-50-24-31-18-32(25-50)27-51(26-31)45(11-3-2-4-12-45)49-43(46)48-29-44)13-8-33-6-5-7-36-22-38(10-16-47-36)57-42-21-34(19-39(33)41)35(28-52)20-40(42)55/h20-21,31-33,36-39,41,47,52,54-55H,2-7,9-12,14-19,22-29H2,1H3,(H3,46,48,49)/t31-,32-,33-,36+,37-,38-,39-,41+,44-/m0/s1. The molecule has 9 rings (SSSR count). The van der Waals surface area contributed by atoms with Gasteiger partial charge in [-0.25, -0.2) is 0 Å². The van der Waals surface area contributed by atoms with E-state index in [1.54, 1.807) is 6.07 Å². The van der Waals surface area contributed by atoms with Crippen LogP contribution in [0.4, 0.5) is 0 Å². The maximum atomic E-state index is 12.8. The highest BCUT2D eigenvalue weighted by atomic mass is 16.5. The fourth-order valence-electron chi connectivity index (χ4n) is 11.8. The average molecular weight is 789 g/mol. The molecule has 2 aliphatic carbocycles. The molecule has 1 aromatic rings. The van der Waals surface area contributed by atoms with Crippen molar-refractivity contribution in [3.05, 3.63) is 23.3 Å². The van der Waals surface area contributed by atoms with Crippen LogP contribution in [0.2, 0.25) is 0 Å². The molecule has 0 unspecified atom stereocenters. The van der Waals surface area contributed by atoms with Gasteiger partial charge in [0, 0.05) is 57.4 Å². The summed E-state index contributed by atoms with van der Waals surface area (Å²) in [5.74, 6) is 9.14. The first-order valence-corrected chi connectivity index (χ1v) is 22.4. The molecule has 6 heterocycles. The summed E-state index contributed by atoms with van der Waals surface area (Å²) in [7, 11) is 0. The van der Waals surface area contributed by atoms with Crippen molar-refractivity contribution in [1.82, 2.24) is 20.4 Å². The number of hydrogen-bond donors (Lipinski definition) is 6. The number of phenols is 1. The summed E-state index contributed by atoms with van der Waals surface area (Å²) in [4.78, 5) is 23.3. The van der Waals surface area contributed by atoms with Gasteiger partial charge in [-0.2, -0.15) is 0 Å². The van der Waals surface area contributed by atoms with Gasteiger partial charge in [0.1, 0.15) is 12.2 Å². The smallest absolute Gasteiger partial charge is 0.302 e. The Labute approximate surface area is 339 Å². The van der Waals surface area contributed by atoms with E-state index < -0.39 is 17.6 Å². The van der Waals surface area contributed by atoms with Gasteiger partial charge in [-0.15, -0.1) is 0 Å². The number of ether oxygens (including phenoxy) is 2. The van der Waals surface area contributed by atoms with E-state index in [-0.39, 0.29) is 48.0 Å². The molecule has 9 atom stereocenters. The normalized spacial score (nSPS) is 38.3. The van der Waals surface area contributed by atoms with E-state index in [9.17, 15) is 20.1 Å². The molecule has 0 aromatic heterocycles. The number of fused-ring (bicyclic) bond motifs is 8. The van der Waals surface area contributed by atoms with Gasteiger partial charge < -0.3 is 46.1 Å². The summed E-state index contributed by atoms with van der Waals surface area (Å²) < 4.78 is 12.6. The van der Waals surface area contributed by atoms with Gasteiger partial charge in [0.25, 0.3) is 0 Å². The Hall–Kier alpha value is -3.08. The molecule has 314 valence electrons. The number of aliphatic hydroxyl groups is 2. The van der Waals surface area contributed by atoms with Crippen molar-refractivity contribution in [2.75, 3.05) is 45.8 Å². The lowest BCUT2D eigenvalue weighted by Crippen LogP contribution is -2.67. The molecule has 4 fully saturated rings. The molecule has 3 saturated heterocycles. The number of carbonyl (C=O) groups excluding carboxylic acids is 1. The third-order valence-electron chi connectivity index (χ3n) is 14.8. The molecule has 6 aliphatic heterocycles. The predicted molar refractivity (Wildman–Crippen MR) is 219 cm³/mol. The molecule has 8 bridgehead atoms. The Bertz CT molecular complexity index is 1660. The molecule has 0 amide bonds. The van der Waals surface area contributed by atoms with Crippen molar-refractivity contribution < 1.29 is 29.6 Å². The zero-order valence-corrected chi connectivity index (χ0v) is 34.2. The highest BCUT2D eigenvalue weighted by Crippen LogP contribution is 2.42. The number of carbonyl (C=O) groups is 1. The number of piperidine rings is 3. The van der Waals surface area contributed by atoms with Gasteiger partial charge in [0.2, 0.25) is 0 Å². The van der Waals surface area contributed by atoms with Crippen LogP contribution in [0.5, 0.6) is 11.5 Å². The number of nitrogens with one attached hydrogen (secondary N) is 2. The summed E-state index contributed by atoms with van der Waals surface area (Å²) in [6.45, 7) is 7.80. The van der Waals surface area contributed by atoms with Crippen molar-refractivity contribution in [2.24, 2.45) is 39.8 Å². The minimum Gasteiger partial charge on any atom is -0.504 e. The number of rotatable bonds is 2. The van der Waals surface area contributed by atoms with E-state index in [1.807, 2.05) is 6.07 Å². The van der Waals surface area contributed by atoms with Crippen molar-refractivity contribution >= 4 is 11.9 Å². The lowest BCUT2D eigenvalue weighted by atomic mass is 9.73. The van der Waals surface area contributed by atoms with Gasteiger partial charge in [-0.3, -0.25) is 14.7 Å². The Balaban J connectivity index is 1.19. The van der Waals surface area contributed by atoms with Crippen LogP contribution in [0.1, 0.15) is 114 Å². The van der Waals surface area contributed by atoms with Gasteiger partial charge >= 0.3 is 5.97 Å². The van der Waals surface area contributed by atoms with Crippen molar-refractivity contribution in [3.63, 3.8) is 0 Å². The van der Waals surface area contributed by atoms with Gasteiger partial charge in [0.05, 0.1) is 30.3 Å². The minimum absolute atomic E-state index is 0.0142.